The number of nitrogen functional groups attached to an aromatic ring is 1. The minimum atomic E-state index is -0.128. The van der Waals surface area contributed by atoms with Crippen molar-refractivity contribution in [2.24, 2.45) is 5.92 Å². The lowest BCUT2D eigenvalue weighted by Crippen LogP contribution is -2.36. The maximum Gasteiger partial charge on any atom is 0.195 e. The Kier molecular flexibility index (Phi) is 6.31. The molecule has 0 saturated carbocycles. The molecule has 1 aliphatic heterocycles. The number of pyridine rings is 2. The van der Waals surface area contributed by atoms with Crippen LogP contribution in [-0.4, -0.2) is 42.5 Å². The lowest BCUT2D eigenvalue weighted by Gasteiger charge is -2.33. The van der Waals surface area contributed by atoms with Gasteiger partial charge in [0.2, 0.25) is 0 Å². The van der Waals surface area contributed by atoms with Gasteiger partial charge < -0.3 is 20.7 Å². The molecule has 7 nitrogen and oxygen atoms in total. The normalized spacial score (nSPS) is 14.3. The fourth-order valence-corrected chi connectivity index (χ4v) is 3.90. The molecule has 4 rings (SSSR count). The van der Waals surface area contributed by atoms with Gasteiger partial charge in [-0.15, -0.1) is 0 Å². The number of hydrogen-bond donors (Lipinski definition) is 2. The summed E-state index contributed by atoms with van der Waals surface area (Å²) >= 11 is 0. The number of nitrogens with zero attached hydrogens (tertiary/aromatic N) is 3. The van der Waals surface area contributed by atoms with Crippen LogP contribution in [-0.2, 0) is 0 Å². The van der Waals surface area contributed by atoms with Crippen LogP contribution in [0.1, 0.15) is 28.8 Å². The molecule has 0 radical (unpaired) electrons. The molecule has 0 amide bonds. The van der Waals surface area contributed by atoms with Gasteiger partial charge in [-0.05, 0) is 61.2 Å². The number of aromatic nitrogens is 2. The van der Waals surface area contributed by atoms with Gasteiger partial charge in [0.25, 0.3) is 0 Å². The highest BCUT2D eigenvalue weighted by Crippen LogP contribution is 2.26. The number of carbonyl (C=O) groups is 1. The molecule has 0 spiro atoms. The molecule has 1 aromatic carbocycles. The number of carbonyl (C=O) groups excluding carboxylic acids is 1. The second kappa shape index (κ2) is 9.47. The van der Waals surface area contributed by atoms with Crippen molar-refractivity contribution in [3.8, 4) is 5.75 Å². The molecule has 0 unspecified atom stereocenters. The Hall–Kier alpha value is -3.61. The number of nitrogens with two attached hydrogens (primary N) is 1. The third-order valence-corrected chi connectivity index (χ3v) is 5.79. The Morgan fingerprint density at radius 3 is 2.48 bits per heavy atom. The number of anilines is 3. The van der Waals surface area contributed by atoms with Gasteiger partial charge in [0.15, 0.2) is 5.78 Å². The van der Waals surface area contributed by atoms with Crippen molar-refractivity contribution < 1.29 is 9.53 Å². The van der Waals surface area contributed by atoms with Crippen molar-refractivity contribution in [2.75, 3.05) is 42.7 Å². The van der Waals surface area contributed by atoms with E-state index < -0.39 is 0 Å². The van der Waals surface area contributed by atoms with E-state index in [9.17, 15) is 4.79 Å². The number of rotatable bonds is 7. The molecule has 3 N–H and O–H groups in total. The molecule has 160 valence electrons. The Morgan fingerprint density at radius 2 is 1.81 bits per heavy atom. The van der Waals surface area contributed by atoms with Gasteiger partial charge in [0, 0.05) is 49.5 Å². The zero-order valence-electron chi connectivity index (χ0n) is 17.6. The first-order valence-electron chi connectivity index (χ1n) is 10.5. The van der Waals surface area contributed by atoms with Gasteiger partial charge in [-0.3, -0.25) is 9.78 Å². The van der Waals surface area contributed by atoms with Crippen LogP contribution in [0.2, 0.25) is 0 Å². The lowest BCUT2D eigenvalue weighted by atomic mass is 9.96. The molecule has 2 aromatic heterocycles. The summed E-state index contributed by atoms with van der Waals surface area (Å²) in [6.07, 6.45) is 7.45. The van der Waals surface area contributed by atoms with Gasteiger partial charge in [-0.2, -0.15) is 0 Å². The van der Waals surface area contributed by atoms with E-state index in [-0.39, 0.29) is 5.78 Å². The lowest BCUT2D eigenvalue weighted by molar-refractivity contribution is 0.103. The van der Waals surface area contributed by atoms with Gasteiger partial charge in [0.1, 0.15) is 11.6 Å². The van der Waals surface area contributed by atoms with Crippen LogP contribution < -0.4 is 20.7 Å². The minimum Gasteiger partial charge on any atom is -0.497 e. The molecule has 3 heterocycles. The van der Waals surface area contributed by atoms with E-state index >= 15 is 0 Å². The third-order valence-electron chi connectivity index (χ3n) is 5.79. The summed E-state index contributed by atoms with van der Waals surface area (Å²) in [7, 11) is 1.60. The maximum absolute atomic E-state index is 12.9. The Labute approximate surface area is 182 Å². The van der Waals surface area contributed by atoms with Crippen molar-refractivity contribution in [3.05, 3.63) is 72.2 Å². The predicted octanol–water partition coefficient (Wildman–Crippen LogP) is 3.63. The average Bonchev–Trinajstić information content (AvgIpc) is 2.84. The number of ether oxygens (including phenoxy) is 1. The Morgan fingerprint density at radius 1 is 1.10 bits per heavy atom. The third kappa shape index (κ3) is 4.77. The fraction of sp³-hybridized carbons (Fsp3) is 0.292. The van der Waals surface area contributed by atoms with Crippen LogP contribution in [0.15, 0.2) is 61.1 Å². The van der Waals surface area contributed by atoms with Crippen molar-refractivity contribution in [1.82, 2.24) is 9.97 Å². The van der Waals surface area contributed by atoms with Crippen LogP contribution in [0.4, 0.5) is 17.2 Å². The second-order valence-corrected chi connectivity index (χ2v) is 7.70. The van der Waals surface area contributed by atoms with Crippen LogP contribution in [0.25, 0.3) is 0 Å². The van der Waals surface area contributed by atoms with Gasteiger partial charge in [0.05, 0.1) is 18.4 Å². The molecule has 1 fully saturated rings. The first kappa shape index (κ1) is 20.7. The number of benzene rings is 1. The zero-order valence-corrected chi connectivity index (χ0v) is 17.6. The predicted molar refractivity (Wildman–Crippen MR) is 123 cm³/mol. The summed E-state index contributed by atoms with van der Waals surface area (Å²) in [5.74, 6) is 1.67. The summed E-state index contributed by atoms with van der Waals surface area (Å²) in [4.78, 5) is 23.7. The van der Waals surface area contributed by atoms with E-state index in [0.29, 0.717) is 34.3 Å². The quantitative estimate of drug-likeness (QED) is 0.567. The number of ketones is 1. The number of methoxy groups -OCH3 is 1. The highest BCUT2D eigenvalue weighted by Gasteiger charge is 2.21. The maximum atomic E-state index is 12.9. The smallest absolute Gasteiger partial charge is 0.195 e. The molecular formula is C24H27N5O2. The summed E-state index contributed by atoms with van der Waals surface area (Å²) in [6.45, 7) is 2.80. The van der Waals surface area contributed by atoms with Crippen molar-refractivity contribution in [1.29, 1.82) is 0 Å². The monoisotopic (exact) mass is 417 g/mol. The first-order chi connectivity index (χ1) is 15.2. The van der Waals surface area contributed by atoms with Gasteiger partial charge in [-0.25, -0.2) is 4.98 Å². The number of hydrogen-bond acceptors (Lipinski definition) is 7. The van der Waals surface area contributed by atoms with E-state index in [1.54, 1.807) is 43.6 Å². The van der Waals surface area contributed by atoms with E-state index in [1.165, 1.54) is 5.69 Å². The molecule has 31 heavy (non-hydrogen) atoms. The molecular weight excluding hydrogens is 390 g/mol. The largest absolute Gasteiger partial charge is 0.497 e. The molecule has 0 aliphatic carbocycles. The number of piperidine rings is 1. The summed E-state index contributed by atoms with van der Waals surface area (Å²) in [5.41, 5.74) is 8.93. The first-order valence-corrected chi connectivity index (χ1v) is 10.5. The topological polar surface area (TPSA) is 93.4 Å². The van der Waals surface area contributed by atoms with Gasteiger partial charge >= 0.3 is 0 Å². The summed E-state index contributed by atoms with van der Waals surface area (Å²) < 4.78 is 5.16. The standard InChI is InChI=1S/C24H27N5O2/c1-31-20-4-2-18(3-5-20)23(30)21-8-13-27-24(22(21)25)28-16-17-9-14-29(15-10-17)19-6-11-26-12-7-19/h2-8,11-13,17H,9-10,14-16,25H2,1H3,(H,27,28). The van der Waals surface area contributed by atoms with E-state index in [2.05, 4.69) is 32.3 Å². The van der Waals surface area contributed by atoms with Crippen LogP contribution in [0.5, 0.6) is 5.75 Å². The second-order valence-electron chi connectivity index (χ2n) is 7.70. The van der Waals surface area contributed by atoms with Crippen molar-refractivity contribution >= 4 is 23.0 Å². The molecule has 7 heteroatoms. The highest BCUT2D eigenvalue weighted by atomic mass is 16.5. The average molecular weight is 418 g/mol. The van der Waals surface area contributed by atoms with Gasteiger partial charge in [-0.1, -0.05) is 0 Å². The minimum absolute atomic E-state index is 0.128. The summed E-state index contributed by atoms with van der Waals surface area (Å²) in [6, 6.07) is 12.8. The van der Waals surface area contributed by atoms with Crippen LogP contribution in [0, 0.1) is 5.92 Å². The zero-order chi connectivity index (χ0) is 21.6. The van der Waals surface area contributed by atoms with E-state index in [1.807, 2.05) is 12.4 Å². The van der Waals surface area contributed by atoms with E-state index in [0.717, 1.165) is 32.5 Å². The van der Waals surface area contributed by atoms with Crippen LogP contribution >= 0.6 is 0 Å². The summed E-state index contributed by atoms with van der Waals surface area (Å²) in [5, 5.41) is 3.37. The number of nitrogens with one attached hydrogen (secondary N) is 1. The van der Waals surface area contributed by atoms with E-state index in [4.69, 9.17) is 10.5 Å². The Bertz CT molecular complexity index is 1020. The molecule has 0 bridgehead atoms. The van der Waals surface area contributed by atoms with Crippen LogP contribution in [0.3, 0.4) is 0 Å². The SMILES string of the molecule is COc1ccc(C(=O)c2ccnc(NCC3CCN(c4ccncc4)CC3)c2N)cc1. The molecule has 0 atom stereocenters. The van der Waals surface area contributed by atoms with Crippen molar-refractivity contribution in [3.63, 3.8) is 0 Å². The molecule has 1 aliphatic rings. The molecule has 3 aromatic rings. The van der Waals surface area contributed by atoms with Crippen molar-refractivity contribution in [2.45, 2.75) is 12.8 Å². The highest BCUT2D eigenvalue weighted by molar-refractivity contribution is 6.13. The molecule has 1 saturated heterocycles. The fourth-order valence-electron chi connectivity index (χ4n) is 3.90. The Balaban J connectivity index is 1.37.